The van der Waals surface area contributed by atoms with Gasteiger partial charge in [0, 0.05) is 11.9 Å². The summed E-state index contributed by atoms with van der Waals surface area (Å²) in [5.41, 5.74) is 1.63. The number of halogens is 2. The summed E-state index contributed by atoms with van der Waals surface area (Å²) in [6, 6.07) is 10.9. The fourth-order valence-electron chi connectivity index (χ4n) is 2.30. The van der Waals surface area contributed by atoms with Crippen LogP contribution in [0.5, 0.6) is 0 Å². The van der Waals surface area contributed by atoms with Gasteiger partial charge >= 0.3 is 0 Å². The highest BCUT2D eigenvalue weighted by molar-refractivity contribution is 6.30. The lowest BCUT2D eigenvalue weighted by atomic mass is 10.0. The van der Waals surface area contributed by atoms with Gasteiger partial charge in [-0.2, -0.15) is 0 Å². The second-order valence-electron chi connectivity index (χ2n) is 5.54. The fourth-order valence-corrected chi connectivity index (χ4v) is 2.43. The molecule has 126 valence electrons. The van der Waals surface area contributed by atoms with Gasteiger partial charge in [-0.15, -0.1) is 0 Å². The monoisotopic (exact) mass is 348 g/mol. The summed E-state index contributed by atoms with van der Waals surface area (Å²) in [6.07, 6.45) is -0.0193. The lowest BCUT2D eigenvalue weighted by Gasteiger charge is -2.18. The van der Waals surface area contributed by atoms with E-state index in [9.17, 15) is 14.0 Å². The van der Waals surface area contributed by atoms with Crippen molar-refractivity contribution >= 4 is 29.1 Å². The number of hydrogen-bond donors (Lipinski definition) is 2. The molecule has 1 unspecified atom stereocenters. The molecule has 6 heteroatoms. The molecule has 0 heterocycles. The predicted octanol–water partition coefficient (Wildman–Crippen LogP) is 3.99. The third kappa shape index (κ3) is 5.06. The highest BCUT2D eigenvalue weighted by Gasteiger charge is 2.18. The SMILES string of the molecule is CC(=O)NC(CC(=O)Nc1ccc(C)cc1F)c1ccc(Cl)cc1. The van der Waals surface area contributed by atoms with Crippen molar-refractivity contribution in [3.05, 3.63) is 64.4 Å². The highest BCUT2D eigenvalue weighted by atomic mass is 35.5. The van der Waals surface area contributed by atoms with E-state index in [4.69, 9.17) is 11.6 Å². The molecule has 0 aliphatic carbocycles. The van der Waals surface area contributed by atoms with Crippen LogP contribution in [0, 0.1) is 12.7 Å². The zero-order chi connectivity index (χ0) is 17.7. The average Bonchev–Trinajstić information content (AvgIpc) is 2.50. The average molecular weight is 349 g/mol. The molecule has 24 heavy (non-hydrogen) atoms. The van der Waals surface area contributed by atoms with Gasteiger partial charge in [0.25, 0.3) is 0 Å². The molecule has 2 amide bonds. The minimum absolute atomic E-state index is 0.0193. The van der Waals surface area contributed by atoms with Gasteiger partial charge in [-0.05, 0) is 42.3 Å². The van der Waals surface area contributed by atoms with E-state index in [2.05, 4.69) is 10.6 Å². The van der Waals surface area contributed by atoms with Crippen molar-refractivity contribution in [2.45, 2.75) is 26.3 Å². The number of carbonyl (C=O) groups excluding carboxylic acids is 2. The summed E-state index contributed by atoms with van der Waals surface area (Å²) in [4.78, 5) is 23.6. The maximum Gasteiger partial charge on any atom is 0.226 e. The van der Waals surface area contributed by atoms with Gasteiger partial charge in [0.1, 0.15) is 5.82 Å². The quantitative estimate of drug-likeness (QED) is 0.858. The van der Waals surface area contributed by atoms with E-state index in [1.807, 2.05) is 0 Å². The van der Waals surface area contributed by atoms with Crippen molar-refractivity contribution in [3.8, 4) is 0 Å². The van der Waals surface area contributed by atoms with E-state index in [0.29, 0.717) is 5.02 Å². The molecule has 2 aromatic carbocycles. The van der Waals surface area contributed by atoms with Crippen molar-refractivity contribution in [2.24, 2.45) is 0 Å². The summed E-state index contributed by atoms with van der Waals surface area (Å²) in [7, 11) is 0. The lowest BCUT2D eigenvalue weighted by molar-refractivity contribution is -0.120. The third-order valence-electron chi connectivity index (χ3n) is 3.44. The van der Waals surface area contributed by atoms with E-state index in [1.165, 1.54) is 19.1 Å². The minimum Gasteiger partial charge on any atom is -0.349 e. The predicted molar refractivity (Wildman–Crippen MR) is 92.4 cm³/mol. The Morgan fingerprint density at radius 1 is 1.17 bits per heavy atom. The second kappa shape index (κ2) is 7.93. The molecule has 0 bridgehead atoms. The first-order chi connectivity index (χ1) is 11.3. The number of benzene rings is 2. The highest BCUT2D eigenvalue weighted by Crippen LogP contribution is 2.21. The summed E-state index contributed by atoms with van der Waals surface area (Å²) < 4.78 is 13.8. The third-order valence-corrected chi connectivity index (χ3v) is 3.69. The van der Waals surface area contributed by atoms with Crippen LogP contribution in [-0.2, 0) is 9.59 Å². The Bertz CT molecular complexity index is 747. The smallest absolute Gasteiger partial charge is 0.226 e. The first kappa shape index (κ1) is 17.9. The van der Waals surface area contributed by atoms with Crippen LogP contribution in [0.2, 0.25) is 5.02 Å². The van der Waals surface area contributed by atoms with Gasteiger partial charge in [-0.1, -0.05) is 29.8 Å². The minimum atomic E-state index is -0.520. The Balaban J connectivity index is 2.12. The number of rotatable bonds is 5. The number of carbonyl (C=O) groups is 2. The molecule has 0 spiro atoms. The number of hydrogen-bond acceptors (Lipinski definition) is 2. The van der Waals surface area contributed by atoms with Crippen molar-refractivity contribution in [1.82, 2.24) is 5.32 Å². The van der Waals surface area contributed by atoms with E-state index in [-0.39, 0.29) is 18.0 Å². The molecule has 2 N–H and O–H groups in total. The normalized spacial score (nSPS) is 11.7. The molecule has 0 fully saturated rings. The Morgan fingerprint density at radius 3 is 2.42 bits per heavy atom. The molecular weight excluding hydrogens is 331 g/mol. The van der Waals surface area contributed by atoms with E-state index in [0.717, 1.165) is 11.1 Å². The molecule has 4 nitrogen and oxygen atoms in total. The van der Waals surface area contributed by atoms with Crippen LogP contribution < -0.4 is 10.6 Å². The number of nitrogens with one attached hydrogen (secondary N) is 2. The van der Waals surface area contributed by atoms with Gasteiger partial charge in [-0.3, -0.25) is 9.59 Å². The Labute approximate surface area is 145 Å². The van der Waals surface area contributed by atoms with Crippen LogP contribution in [0.25, 0.3) is 0 Å². The van der Waals surface area contributed by atoms with Crippen LogP contribution in [-0.4, -0.2) is 11.8 Å². The molecule has 0 aromatic heterocycles. The molecule has 2 rings (SSSR count). The van der Waals surface area contributed by atoms with Crippen LogP contribution in [0.3, 0.4) is 0 Å². The molecule has 0 aliphatic rings. The van der Waals surface area contributed by atoms with Crippen LogP contribution in [0.1, 0.15) is 30.5 Å². The van der Waals surface area contributed by atoms with Gasteiger partial charge in [-0.25, -0.2) is 4.39 Å². The Hall–Kier alpha value is -2.40. The number of amides is 2. The summed E-state index contributed by atoms with van der Waals surface area (Å²) in [5.74, 6) is -1.15. The topological polar surface area (TPSA) is 58.2 Å². The molecule has 1 atom stereocenters. The fraction of sp³-hybridized carbons (Fsp3) is 0.222. The first-order valence-electron chi connectivity index (χ1n) is 7.43. The van der Waals surface area contributed by atoms with Crippen LogP contribution in [0.15, 0.2) is 42.5 Å². The van der Waals surface area contributed by atoms with Crippen molar-refractivity contribution in [3.63, 3.8) is 0 Å². The first-order valence-corrected chi connectivity index (χ1v) is 7.81. The van der Waals surface area contributed by atoms with Gasteiger partial charge in [0.05, 0.1) is 18.2 Å². The summed E-state index contributed by atoms with van der Waals surface area (Å²) in [5, 5.41) is 5.81. The maximum absolute atomic E-state index is 13.8. The second-order valence-corrected chi connectivity index (χ2v) is 5.98. The standard InChI is InChI=1S/C18H18ClFN2O2/c1-11-3-8-16(15(20)9-11)22-18(24)10-17(21-12(2)23)13-4-6-14(19)7-5-13/h3-9,17H,10H2,1-2H3,(H,21,23)(H,22,24). The van der Waals surface area contributed by atoms with Crippen LogP contribution >= 0.6 is 11.6 Å². The molecule has 0 saturated heterocycles. The molecule has 0 radical (unpaired) electrons. The van der Waals surface area contributed by atoms with E-state index in [1.54, 1.807) is 37.3 Å². The molecule has 0 aliphatic heterocycles. The molecule has 0 saturated carbocycles. The lowest BCUT2D eigenvalue weighted by Crippen LogP contribution is -2.29. The van der Waals surface area contributed by atoms with Gasteiger partial charge in [0.15, 0.2) is 0 Å². The van der Waals surface area contributed by atoms with Crippen molar-refractivity contribution < 1.29 is 14.0 Å². The zero-order valence-electron chi connectivity index (χ0n) is 13.4. The van der Waals surface area contributed by atoms with Crippen molar-refractivity contribution in [2.75, 3.05) is 5.32 Å². The Morgan fingerprint density at radius 2 is 1.83 bits per heavy atom. The van der Waals surface area contributed by atoms with Gasteiger partial charge < -0.3 is 10.6 Å². The Kier molecular flexibility index (Phi) is 5.93. The largest absolute Gasteiger partial charge is 0.349 e. The molecule has 2 aromatic rings. The van der Waals surface area contributed by atoms with Gasteiger partial charge in [0.2, 0.25) is 11.8 Å². The zero-order valence-corrected chi connectivity index (χ0v) is 14.2. The summed E-state index contributed by atoms with van der Waals surface area (Å²) in [6.45, 7) is 3.14. The number of aryl methyl sites for hydroxylation is 1. The van der Waals surface area contributed by atoms with E-state index >= 15 is 0 Å². The van der Waals surface area contributed by atoms with Crippen molar-refractivity contribution in [1.29, 1.82) is 0 Å². The van der Waals surface area contributed by atoms with E-state index < -0.39 is 17.8 Å². The molecular formula is C18H18ClFN2O2. The maximum atomic E-state index is 13.8. The van der Waals surface area contributed by atoms with Crippen LogP contribution in [0.4, 0.5) is 10.1 Å². The summed E-state index contributed by atoms with van der Waals surface area (Å²) >= 11 is 5.86. The number of anilines is 1.